The summed E-state index contributed by atoms with van der Waals surface area (Å²) in [5.41, 5.74) is 1.91. The maximum atomic E-state index is 12.7. The van der Waals surface area contributed by atoms with Gasteiger partial charge in [-0.3, -0.25) is 9.69 Å². The molecule has 1 aliphatic heterocycles. The van der Waals surface area contributed by atoms with E-state index >= 15 is 0 Å². The first-order chi connectivity index (χ1) is 15.5. The molecule has 180 valence electrons. The molecule has 0 radical (unpaired) electrons. The van der Waals surface area contributed by atoms with Gasteiger partial charge in [0, 0.05) is 50.4 Å². The van der Waals surface area contributed by atoms with Crippen molar-refractivity contribution >= 4 is 21.7 Å². The molecule has 0 saturated carbocycles. The Hall–Kier alpha value is -2.56. The van der Waals surface area contributed by atoms with Gasteiger partial charge in [0.1, 0.15) is 11.6 Å². The van der Waals surface area contributed by atoms with Gasteiger partial charge in [0.2, 0.25) is 15.9 Å². The van der Waals surface area contributed by atoms with Gasteiger partial charge in [-0.2, -0.15) is 0 Å². The minimum atomic E-state index is -3.69. The molecule has 1 amide bonds. The summed E-state index contributed by atoms with van der Waals surface area (Å²) >= 11 is 0. The second-order valence-electron chi connectivity index (χ2n) is 8.81. The fraction of sp³-hybridized carbons (Fsp3) is 0.522. The topological polar surface area (TPSA) is 122 Å². The number of aromatic nitrogens is 2. The quantitative estimate of drug-likeness (QED) is 0.593. The summed E-state index contributed by atoms with van der Waals surface area (Å²) in [6, 6.07) is 8.20. The first-order valence-corrected chi connectivity index (χ1v) is 12.8. The largest absolute Gasteiger partial charge is 0.354 e. The number of sulfonamides is 1. The Morgan fingerprint density at radius 2 is 1.73 bits per heavy atom. The SMILES string of the molecule is Cc1cc(N2CCN([C@H](C)C(=O)NCCc3ccc(S(N)(=O)=O)cc3)CC2)nc(C(C)C)n1. The van der Waals surface area contributed by atoms with Gasteiger partial charge in [0.15, 0.2) is 0 Å². The first kappa shape index (κ1) is 25.1. The number of primary sulfonamides is 1. The maximum Gasteiger partial charge on any atom is 0.238 e. The average Bonchev–Trinajstić information content (AvgIpc) is 2.78. The van der Waals surface area contributed by atoms with E-state index in [1.807, 2.05) is 19.9 Å². The third kappa shape index (κ3) is 6.72. The highest BCUT2D eigenvalue weighted by Crippen LogP contribution is 2.19. The van der Waals surface area contributed by atoms with Crippen LogP contribution in [0.25, 0.3) is 0 Å². The van der Waals surface area contributed by atoms with E-state index in [9.17, 15) is 13.2 Å². The lowest BCUT2D eigenvalue weighted by molar-refractivity contribution is -0.125. The smallest absolute Gasteiger partial charge is 0.238 e. The number of aryl methyl sites for hydroxylation is 1. The fourth-order valence-electron chi connectivity index (χ4n) is 3.82. The van der Waals surface area contributed by atoms with Gasteiger partial charge in [0.05, 0.1) is 10.9 Å². The molecular weight excluding hydrogens is 440 g/mol. The van der Waals surface area contributed by atoms with Crippen LogP contribution in [0, 0.1) is 6.92 Å². The highest BCUT2D eigenvalue weighted by Gasteiger charge is 2.26. The average molecular weight is 475 g/mol. The van der Waals surface area contributed by atoms with E-state index in [0.717, 1.165) is 49.1 Å². The van der Waals surface area contributed by atoms with Crippen molar-refractivity contribution in [3.05, 3.63) is 47.4 Å². The number of hydrogen-bond acceptors (Lipinski definition) is 7. The van der Waals surface area contributed by atoms with Crippen LogP contribution in [0.2, 0.25) is 0 Å². The molecule has 9 nitrogen and oxygen atoms in total. The van der Waals surface area contributed by atoms with E-state index in [2.05, 4.69) is 33.9 Å². The Morgan fingerprint density at radius 1 is 1.09 bits per heavy atom. The zero-order chi connectivity index (χ0) is 24.2. The third-order valence-corrected chi connectivity index (χ3v) is 6.83. The molecule has 0 spiro atoms. The number of carbonyl (C=O) groups excluding carboxylic acids is 1. The number of nitrogens with two attached hydrogens (primary N) is 1. The maximum absolute atomic E-state index is 12.7. The second-order valence-corrected chi connectivity index (χ2v) is 10.4. The molecule has 1 saturated heterocycles. The number of benzene rings is 1. The highest BCUT2D eigenvalue weighted by atomic mass is 32.2. The molecule has 3 N–H and O–H groups in total. The van der Waals surface area contributed by atoms with Crippen LogP contribution in [0.4, 0.5) is 5.82 Å². The number of amides is 1. The standard InChI is InChI=1S/C23H34N6O3S/c1-16(2)22-26-17(3)15-21(27-22)29-13-11-28(12-14-29)18(4)23(30)25-10-9-19-5-7-20(8-6-19)33(24,31)32/h5-8,15-16,18H,9-14H2,1-4H3,(H,25,30)(H2,24,31,32)/t18-/m1/s1. The van der Waals surface area contributed by atoms with E-state index in [4.69, 9.17) is 10.1 Å². The van der Waals surface area contributed by atoms with E-state index in [-0.39, 0.29) is 22.8 Å². The summed E-state index contributed by atoms with van der Waals surface area (Å²) in [4.78, 5) is 26.4. The van der Waals surface area contributed by atoms with Crippen molar-refractivity contribution in [2.45, 2.75) is 51.0 Å². The summed E-state index contributed by atoms with van der Waals surface area (Å²) < 4.78 is 22.7. The van der Waals surface area contributed by atoms with Crippen molar-refractivity contribution in [3.8, 4) is 0 Å². The lowest BCUT2D eigenvalue weighted by Crippen LogP contribution is -2.54. The summed E-state index contributed by atoms with van der Waals surface area (Å²) in [6.07, 6.45) is 0.613. The number of anilines is 1. The third-order valence-electron chi connectivity index (χ3n) is 5.90. The number of nitrogens with zero attached hydrogens (tertiary/aromatic N) is 4. The van der Waals surface area contributed by atoms with Crippen LogP contribution in [-0.4, -0.2) is 68.0 Å². The summed E-state index contributed by atoms with van der Waals surface area (Å²) in [6.45, 7) is 11.8. The molecule has 0 aliphatic carbocycles. The van der Waals surface area contributed by atoms with E-state index in [1.54, 1.807) is 12.1 Å². The van der Waals surface area contributed by atoms with Gasteiger partial charge in [-0.15, -0.1) is 0 Å². The predicted molar refractivity (Wildman–Crippen MR) is 129 cm³/mol. The van der Waals surface area contributed by atoms with E-state index in [1.165, 1.54) is 12.1 Å². The fourth-order valence-corrected chi connectivity index (χ4v) is 4.34. The number of carbonyl (C=O) groups is 1. The molecule has 2 heterocycles. The number of hydrogen-bond donors (Lipinski definition) is 2. The zero-order valence-electron chi connectivity index (χ0n) is 19.8. The van der Waals surface area contributed by atoms with Crippen LogP contribution in [0.1, 0.15) is 43.8 Å². The normalized spacial score (nSPS) is 16.1. The molecule has 33 heavy (non-hydrogen) atoms. The molecule has 1 aromatic carbocycles. The van der Waals surface area contributed by atoms with Gasteiger partial charge in [-0.25, -0.2) is 23.5 Å². The van der Waals surface area contributed by atoms with Crippen molar-refractivity contribution in [3.63, 3.8) is 0 Å². The lowest BCUT2D eigenvalue weighted by atomic mass is 10.1. The van der Waals surface area contributed by atoms with Crippen molar-refractivity contribution in [2.24, 2.45) is 5.14 Å². The molecule has 0 bridgehead atoms. The first-order valence-electron chi connectivity index (χ1n) is 11.3. The molecule has 2 aromatic rings. The van der Waals surface area contributed by atoms with Gasteiger partial charge < -0.3 is 10.2 Å². The number of piperazine rings is 1. The Labute approximate surface area is 196 Å². The van der Waals surface area contributed by atoms with Gasteiger partial charge in [0.25, 0.3) is 0 Å². The molecule has 1 aromatic heterocycles. The minimum Gasteiger partial charge on any atom is -0.354 e. The van der Waals surface area contributed by atoms with Gasteiger partial charge in [-0.1, -0.05) is 26.0 Å². The molecule has 3 rings (SSSR count). The highest BCUT2D eigenvalue weighted by molar-refractivity contribution is 7.89. The van der Waals surface area contributed by atoms with Crippen LogP contribution in [0.15, 0.2) is 35.2 Å². The Morgan fingerprint density at radius 3 is 2.30 bits per heavy atom. The van der Waals surface area contributed by atoms with Crippen molar-refractivity contribution < 1.29 is 13.2 Å². The Kier molecular flexibility index (Phi) is 8.04. The van der Waals surface area contributed by atoms with Gasteiger partial charge in [-0.05, 0) is 38.0 Å². The van der Waals surface area contributed by atoms with Crippen molar-refractivity contribution in [1.82, 2.24) is 20.2 Å². The zero-order valence-corrected chi connectivity index (χ0v) is 20.6. The predicted octanol–water partition coefficient (Wildman–Crippen LogP) is 1.43. The number of rotatable bonds is 8. The monoisotopic (exact) mass is 474 g/mol. The van der Waals surface area contributed by atoms with E-state index < -0.39 is 10.0 Å². The number of nitrogens with one attached hydrogen (secondary N) is 1. The van der Waals surface area contributed by atoms with Crippen LogP contribution in [-0.2, 0) is 21.2 Å². The Balaban J connectivity index is 1.47. The summed E-state index contributed by atoms with van der Waals surface area (Å²) in [5.74, 6) is 2.08. The molecule has 10 heteroatoms. The van der Waals surface area contributed by atoms with E-state index in [0.29, 0.717) is 13.0 Å². The second kappa shape index (κ2) is 10.6. The van der Waals surface area contributed by atoms with Crippen LogP contribution >= 0.6 is 0 Å². The minimum absolute atomic E-state index is 0.00965. The summed E-state index contributed by atoms with van der Waals surface area (Å²) in [7, 11) is -3.69. The van der Waals surface area contributed by atoms with Crippen molar-refractivity contribution in [1.29, 1.82) is 0 Å². The molecule has 0 unspecified atom stereocenters. The van der Waals surface area contributed by atoms with Crippen LogP contribution in [0.5, 0.6) is 0 Å². The molecule has 1 aliphatic rings. The lowest BCUT2D eigenvalue weighted by Gasteiger charge is -2.38. The molecular formula is C23H34N6O3S. The molecule has 1 fully saturated rings. The van der Waals surface area contributed by atoms with Crippen LogP contribution in [0.3, 0.4) is 0 Å². The Bertz CT molecular complexity index is 1060. The van der Waals surface area contributed by atoms with Crippen molar-refractivity contribution in [2.75, 3.05) is 37.6 Å². The van der Waals surface area contributed by atoms with Crippen LogP contribution < -0.4 is 15.4 Å². The summed E-state index contributed by atoms with van der Waals surface area (Å²) in [5, 5.41) is 8.10. The molecule has 1 atom stereocenters. The van der Waals surface area contributed by atoms with Gasteiger partial charge >= 0.3 is 0 Å².